The van der Waals surface area contributed by atoms with E-state index in [1.165, 1.54) is 48.5 Å². The molecule has 7 heteroatoms. The number of hydrogen-bond acceptors (Lipinski definition) is 6. The largest absolute Gasteiger partial charge is 0.293 e. The van der Waals surface area contributed by atoms with Gasteiger partial charge < -0.3 is 0 Å². The summed E-state index contributed by atoms with van der Waals surface area (Å²) < 4.78 is 0. The van der Waals surface area contributed by atoms with Crippen LogP contribution in [0, 0.1) is 20.9 Å². The lowest BCUT2D eigenvalue weighted by atomic mass is 9.84. The minimum Gasteiger partial charge on any atom is -0.293 e. The van der Waals surface area contributed by atoms with Crippen molar-refractivity contribution in [1.82, 2.24) is 0 Å². The van der Waals surface area contributed by atoms with Crippen LogP contribution in [0.3, 0.4) is 0 Å². The molecule has 154 valence electrons. The number of carbonyl (C=O) groups excluding carboxylic acids is 4. The van der Waals surface area contributed by atoms with Crippen LogP contribution in [0.15, 0.2) is 72.8 Å². The van der Waals surface area contributed by atoms with Crippen molar-refractivity contribution in [3.8, 4) is 0 Å². The lowest BCUT2D eigenvalue weighted by Gasteiger charge is -2.11. The van der Waals surface area contributed by atoms with Crippen LogP contribution in [0.25, 0.3) is 0 Å². The summed E-state index contributed by atoms with van der Waals surface area (Å²) in [4.78, 5) is 65.7. The zero-order chi connectivity index (χ0) is 22.4. The summed E-state index contributed by atoms with van der Waals surface area (Å²) in [6.45, 7) is 0. The van der Waals surface area contributed by atoms with Gasteiger partial charge in [0.05, 0.1) is 4.92 Å². The van der Waals surface area contributed by atoms with E-state index in [1.54, 1.807) is 24.3 Å². The Hall–Kier alpha value is -4.26. The van der Waals surface area contributed by atoms with Gasteiger partial charge >= 0.3 is 0 Å². The normalized spacial score (nSPS) is 19.5. The van der Waals surface area contributed by atoms with E-state index in [4.69, 9.17) is 0 Å². The smallest absolute Gasteiger partial charge is 0.269 e. The number of fused-ring (bicyclic) bond motifs is 3. The Morgan fingerprint density at radius 3 is 1.41 bits per heavy atom. The van der Waals surface area contributed by atoms with Gasteiger partial charge in [-0.15, -0.1) is 0 Å². The third-order valence-corrected chi connectivity index (χ3v) is 7.08. The third-order valence-electron chi connectivity index (χ3n) is 7.08. The van der Waals surface area contributed by atoms with Gasteiger partial charge in [0, 0.05) is 40.3 Å². The molecule has 0 N–H and O–H groups in total. The molecule has 0 aromatic heterocycles. The van der Waals surface area contributed by atoms with E-state index >= 15 is 0 Å². The van der Waals surface area contributed by atoms with E-state index in [9.17, 15) is 29.3 Å². The second kappa shape index (κ2) is 5.70. The number of benzene rings is 3. The summed E-state index contributed by atoms with van der Waals surface area (Å²) in [5.74, 6) is -3.43. The molecule has 0 aliphatic heterocycles. The van der Waals surface area contributed by atoms with Crippen molar-refractivity contribution >= 4 is 28.8 Å². The first kappa shape index (κ1) is 18.5. The predicted octanol–water partition coefficient (Wildman–Crippen LogP) is 3.82. The van der Waals surface area contributed by atoms with Crippen molar-refractivity contribution in [2.75, 3.05) is 0 Å². The zero-order valence-corrected chi connectivity index (χ0v) is 16.4. The molecule has 0 radical (unpaired) electrons. The molecule has 0 unspecified atom stereocenters. The number of nitro benzene ring substituents is 1. The Kier molecular flexibility index (Phi) is 3.30. The maximum absolute atomic E-state index is 13.7. The summed E-state index contributed by atoms with van der Waals surface area (Å²) in [6.07, 6.45) is 0. The maximum atomic E-state index is 13.7. The van der Waals surface area contributed by atoms with Crippen molar-refractivity contribution in [3.63, 3.8) is 0 Å². The van der Waals surface area contributed by atoms with Gasteiger partial charge in [-0.25, -0.2) is 0 Å². The highest BCUT2D eigenvalue weighted by molar-refractivity contribution is 6.45. The van der Waals surface area contributed by atoms with Crippen molar-refractivity contribution in [3.05, 3.63) is 111 Å². The minimum atomic E-state index is -1.93. The third kappa shape index (κ3) is 1.76. The molecule has 3 aliphatic carbocycles. The molecular weight excluding hydrogens is 410 g/mol. The molecule has 3 aromatic carbocycles. The number of carbonyl (C=O) groups is 4. The highest BCUT2D eigenvalue weighted by Crippen LogP contribution is 2.81. The number of Topliss-reactive ketones (excluding diaryl/α,β-unsaturated/α-hetero) is 4. The van der Waals surface area contributed by atoms with Gasteiger partial charge in [0.1, 0.15) is 10.8 Å². The number of nitro groups is 1. The average molecular weight is 423 g/mol. The molecular formula is C25H13NO6. The molecule has 0 saturated heterocycles. The van der Waals surface area contributed by atoms with Crippen LogP contribution in [0.1, 0.15) is 52.9 Å². The Morgan fingerprint density at radius 2 is 1.03 bits per heavy atom. The summed E-state index contributed by atoms with van der Waals surface area (Å²) in [7, 11) is 0. The standard InChI is InChI=1S/C25H13NO6/c27-20-15-8-1-2-9-16(15)21(28)24(20)19(13-6-5-7-14(12-13)26(31)32)25(24)22(29)17-10-3-4-11-18(17)23(25)30/h1-12,19H. The van der Waals surface area contributed by atoms with Gasteiger partial charge in [0.15, 0.2) is 23.1 Å². The van der Waals surface area contributed by atoms with Crippen molar-refractivity contribution < 1.29 is 24.1 Å². The lowest BCUT2D eigenvalue weighted by molar-refractivity contribution is -0.384. The Morgan fingerprint density at radius 1 is 0.625 bits per heavy atom. The van der Waals surface area contributed by atoms with Crippen LogP contribution in [0.4, 0.5) is 5.69 Å². The fourth-order valence-electron chi connectivity index (χ4n) is 5.85. The lowest BCUT2D eigenvalue weighted by Crippen LogP contribution is -2.32. The van der Waals surface area contributed by atoms with Gasteiger partial charge in [0.2, 0.25) is 0 Å². The van der Waals surface area contributed by atoms with E-state index in [0.29, 0.717) is 0 Å². The quantitative estimate of drug-likeness (QED) is 0.352. The van der Waals surface area contributed by atoms with Crippen LogP contribution in [-0.2, 0) is 0 Å². The molecule has 6 rings (SSSR count). The molecule has 0 atom stereocenters. The van der Waals surface area contributed by atoms with Crippen molar-refractivity contribution in [2.24, 2.45) is 10.8 Å². The second-order valence-corrected chi connectivity index (χ2v) is 8.31. The van der Waals surface area contributed by atoms with Gasteiger partial charge in [-0.2, -0.15) is 0 Å². The first-order chi connectivity index (χ1) is 15.4. The van der Waals surface area contributed by atoms with Gasteiger partial charge in [0.25, 0.3) is 5.69 Å². The fourth-order valence-corrected chi connectivity index (χ4v) is 5.85. The van der Waals surface area contributed by atoms with Gasteiger partial charge in [-0.05, 0) is 5.56 Å². The molecule has 1 fully saturated rings. The molecule has 0 bridgehead atoms. The van der Waals surface area contributed by atoms with E-state index in [2.05, 4.69) is 0 Å². The summed E-state index contributed by atoms with van der Waals surface area (Å²) in [5.41, 5.74) is -3.18. The zero-order valence-electron chi connectivity index (χ0n) is 16.4. The molecule has 0 amide bonds. The SMILES string of the molecule is O=C1c2ccccc2C(=O)C12C(c1cccc([N+](=O)[O-])c1)C21C(=O)c2ccccc2C1=O. The van der Waals surface area contributed by atoms with E-state index in [0.717, 1.165) is 0 Å². The van der Waals surface area contributed by atoms with Crippen molar-refractivity contribution in [2.45, 2.75) is 5.92 Å². The topological polar surface area (TPSA) is 111 Å². The highest BCUT2D eigenvalue weighted by Gasteiger charge is 2.93. The Labute approximate surface area is 180 Å². The molecule has 32 heavy (non-hydrogen) atoms. The summed E-state index contributed by atoms with van der Waals surface area (Å²) in [5, 5.41) is 11.4. The average Bonchev–Trinajstić information content (AvgIpc) is 3.34. The predicted molar refractivity (Wildman–Crippen MR) is 111 cm³/mol. The molecule has 1 saturated carbocycles. The molecule has 0 heterocycles. The highest BCUT2D eigenvalue weighted by atomic mass is 16.6. The minimum absolute atomic E-state index is 0.168. The van der Waals surface area contributed by atoms with Gasteiger partial charge in [-0.3, -0.25) is 29.3 Å². The first-order valence-electron chi connectivity index (χ1n) is 10.00. The van der Waals surface area contributed by atoms with E-state index in [-0.39, 0.29) is 33.5 Å². The number of nitrogens with zero attached hydrogens (tertiary/aromatic N) is 1. The number of ketones is 4. The van der Waals surface area contributed by atoms with Crippen LogP contribution in [-0.4, -0.2) is 28.1 Å². The molecule has 2 spiro atoms. The summed E-state index contributed by atoms with van der Waals surface area (Å²) >= 11 is 0. The Bertz CT molecular complexity index is 1300. The number of rotatable bonds is 2. The molecule has 7 nitrogen and oxygen atoms in total. The van der Waals surface area contributed by atoms with Crippen LogP contribution in [0.5, 0.6) is 0 Å². The first-order valence-corrected chi connectivity index (χ1v) is 10.00. The monoisotopic (exact) mass is 423 g/mol. The fraction of sp³-hybridized carbons (Fsp3) is 0.120. The van der Waals surface area contributed by atoms with E-state index < -0.39 is 44.8 Å². The maximum Gasteiger partial charge on any atom is 0.269 e. The van der Waals surface area contributed by atoms with Crippen molar-refractivity contribution in [1.29, 1.82) is 0 Å². The summed E-state index contributed by atoms with van der Waals surface area (Å²) in [6, 6.07) is 18.0. The van der Waals surface area contributed by atoms with Crippen LogP contribution >= 0.6 is 0 Å². The number of hydrogen-bond donors (Lipinski definition) is 0. The number of non-ortho nitro benzene ring substituents is 1. The molecule has 3 aliphatic rings. The Balaban J connectivity index is 1.66. The molecule has 3 aromatic rings. The van der Waals surface area contributed by atoms with Crippen LogP contribution < -0.4 is 0 Å². The van der Waals surface area contributed by atoms with E-state index in [1.807, 2.05) is 0 Å². The van der Waals surface area contributed by atoms with Gasteiger partial charge in [-0.1, -0.05) is 60.7 Å². The van der Waals surface area contributed by atoms with Crippen LogP contribution in [0.2, 0.25) is 0 Å². The second-order valence-electron chi connectivity index (χ2n) is 8.31.